The molecule has 96 valence electrons. The fraction of sp³-hybridized carbons (Fsp3) is 1.00. The van der Waals surface area contributed by atoms with E-state index in [4.69, 9.17) is 4.74 Å². The molecule has 1 aliphatic heterocycles. The van der Waals surface area contributed by atoms with Crippen molar-refractivity contribution in [2.75, 3.05) is 0 Å². The number of hydrogen-bond acceptors (Lipinski definition) is 2. The Morgan fingerprint density at radius 3 is 2.25 bits per heavy atom. The summed E-state index contributed by atoms with van der Waals surface area (Å²) in [7, 11) is 0. The maximum atomic E-state index is 12.9. The van der Waals surface area contributed by atoms with Crippen LogP contribution in [0.25, 0.3) is 0 Å². The molecule has 0 aromatic carbocycles. The molecule has 1 heterocycles. The molecule has 1 N–H and O–H groups in total. The minimum absolute atomic E-state index is 0.00850. The molecule has 16 heavy (non-hydrogen) atoms. The van der Waals surface area contributed by atoms with Crippen molar-refractivity contribution in [3.8, 4) is 0 Å². The molecule has 0 radical (unpaired) electrons. The van der Waals surface area contributed by atoms with Gasteiger partial charge in [-0.15, -0.1) is 0 Å². The topological polar surface area (TPSA) is 29.5 Å². The Hall–Kier alpha value is -0.290. The average molecular weight is 240 g/mol. The first-order valence-electron chi connectivity index (χ1n) is 5.57. The summed E-state index contributed by atoms with van der Waals surface area (Å²) in [5.74, 6) is -1.19. The molecule has 0 saturated carbocycles. The lowest BCUT2D eigenvalue weighted by Crippen LogP contribution is -2.47. The Morgan fingerprint density at radius 1 is 1.44 bits per heavy atom. The highest BCUT2D eigenvalue weighted by Gasteiger charge is 2.64. The largest absolute Gasteiger partial charge is 0.417 e. The Balaban J connectivity index is 2.98. The van der Waals surface area contributed by atoms with Gasteiger partial charge in [-0.2, -0.15) is 13.2 Å². The summed E-state index contributed by atoms with van der Waals surface area (Å²) in [4.78, 5) is 0. The van der Waals surface area contributed by atoms with E-state index in [0.717, 1.165) is 13.3 Å². The zero-order valence-corrected chi connectivity index (χ0v) is 10.0. The van der Waals surface area contributed by atoms with E-state index in [1.807, 2.05) is 13.8 Å². The smallest absolute Gasteiger partial charge is 0.368 e. The van der Waals surface area contributed by atoms with Gasteiger partial charge < -0.3 is 9.84 Å². The molecule has 4 unspecified atom stereocenters. The van der Waals surface area contributed by atoms with E-state index in [9.17, 15) is 18.3 Å². The minimum atomic E-state index is -4.45. The summed E-state index contributed by atoms with van der Waals surface area (Å²) in [6, 6.07) is 0. The second-order valence-electron chi connectivity index (χ2n) is 4.86. The molecule has 1 aliphatic rings. The van der Waals surface area contributed by atoms with Crippen LogP contribution in [0.5, 0.6) is 0 Å². The molecule has 0 amide bonds. The van der Waals surface area contributed by atoms with Gasteiger partial charge in [-0.1, -0.05) is 27.2 Å². The van der Waals surface area contributed by atoms with Crippen molar-refractivity contribution in [3.05, 3.63) is 0 Å². The van der Waals surface area contributed by atoms with Crippen LogP contribution >= 0.6 is 0 Å². The number of halogens is 3. The molecule has 1 rings (SSSR count). The van der Waals surface area contributed by atoms with Crippen molar-refractivity contribution < 1.29 is 23.0 Å². The normalized spacial score (nSPS) is 42.4. The van der Waals surface area contributed by atoms with Crippen LogP contribution in [0.4, 0.5) is 13.2 Å². The van der Waals surface area contributed by atoms with Gasteiger partial charge in [0.05, 0.1) is 0 Å². The van der Waals surface area contributed by atoms with Crippen LogP contribution in [-0.4, -0.2) is 23.2 Å². The quantitative estimate of drug-likeness (QED) is 0.804. The standard InChI is InChI=1S/C11H19F3O2/c1-5-6(2)8-7(3)10(4,11(12,13)14)16-9(8)15/h6-9,15H,5H2,1-4H3/t6-,7?,8?,9?,10?/m1/s1. The van der Waals surface area contributed by atoms with Crippen molar-refractivity contribution in [2.45, 2.75) is 52.2 Å². The molecule has 5 heteroatoms. The van der Waals surface area contributed by atoms with E-state index < -0.39 is 29.9 Å². The highest BCUT2D eigenvalue weighted by molar-refractivity contribution is 4.99. The molecule has 0 aromatic rings. The lowest BCUT2D eigenvalue weighted by molar-refractivity contribution is -0.292. The predicted molar refractivity (Wildman–Crippen MR) is 53.7 cm³/mol. The highest BCUT2D eigenvalue weighted by atomic mass is 19.4. The van der Waals surface area contributed by atoms with Gasteiger partial charge in [-0.05, 0) is 12.8 Å². The van der Waals surface area contributed by atoms with Crippen molar-refractivity contribution in [3.63, 3.8) is 0 Å². The maximum Gasteiger partial charge on any atom is 0.417 e. The lowest BCUT2D eigenvalue weighted by atomic mass is 9.76. The number of ether oxygens (including phenoxy) is 1. The average Bonchev–Trinajstić information content (AvgIpc) is 2.37. The minimum Gasteiger partial charge on any atom is -0.368 e. The summed E-state index contributed by atoms with van der Waals surface area (Å²) in [5, 5.41) is 9.64. The summed E-state index contributed by atoms with van der Waals surface area (Å²) >= 11 is 0. The second kappa shape index (κ2) is 4.18. The molecular formula is C11H19F3O2. The van der Waals surface area contributed by atoms with Crippen molar-refractivity contribution >= 4 is 0 Å². The van der Waals surface area contributed by atoms with Gasteiger partial charge >= 0.3 is 6.18 Å². The Kier molecular flexibility index (Phi) is 3.60. The van der Waals surface area contributed by atoms with E-state index in [0.29, 0.717) is 0 Å². The van der Waals surface area contributed by atoms with Gasteiger partial charge in [-0.3, -0.25) is 0 Å². The Labute approximate surface area is 93.8 Å². The van der Waals surface area contributed by atoms with Crippen molar-refractivity contribution in [1.82, 2.24) is 0 Å². The molecule has 2 nitrogen and oxygen atoms in total. The van der Waals surface area contributed by atoms with E-state index >= 15 is 0 Å². The number of hydrogen-bond donors (Lipinski definition) is 1. The third-order valence-corrected chi connectivity index (χ3v) is 4.00. The van der Waals surface area contributed by atoms with Gasteiger partial charge in [0.15, 0.2) is 11.9 Å². The van der Waals surface area contributed by atoms with Crippen LogP contribution in [0.2, 0.25) is 0 Å². The fourth-order valence-electron chi connectivity index (χ4n) is 2.42. The van der Waals surface area contributed by atoms with Crippen LogP contribution in [0.15, 0.2) is 0 Å². The van der Waals surface area contributed by atoms with E-state index in [1.165, 1.54) is 6.92 Å². The zero-order chi connectivity index (χ0) is 12.7. The Bertz CT molecular complexity index is 254. The lowest BCUT2D eigenvalue weighted by Gasteiger charge is -2.32. The first-order valence-corrected chi connectivity index (χ1v) is 5.57. The molecule has 0 aromatic heterocycles. The number of alkyl halides is 3. The molecule has 1 saturated heterocycles. The summed E-state index contributed by atoms with van der Waals surface area (Å²) in [6.07, 6.45) is -5.05. The number of rotatable bonds is 2. The van der Waals surface area contributed by atoms with Crippen LogP contribution in [0, 0.1) is 17.8 Å². The third-order valence-electron chi connectivity index (χ3n) is 4.00. The van der Waals surface area contributed by atoms with Crippen LogP contribution in [0.1, 0.15) is 34.1 Å². The molecule has 5 atom stereocenters. The van der Waals surface area contributed by atoms with Gasteiger partial charge in [0, 0.05) is 11.8 Å². The third kappa shape index (κ3) is 1.95. The van der Waals surface area contributed by atoms with E-state index in [-0.39, 0.29) is 5.92 Å². The Morgan fingerprint density at radius 2 is 1.94 bits per heavy atom. The second-order valence-corrected chi connectivity index (χ2v) is 4.86. The molecule has 0 aliphatic carbocycles. The molecule has 1 fully saturated rings. The van der Waals surface area contributed by atoms with E-state index in [2.05, 4.69) is 0 Å². The summed E-state index contributed by atoms with van der Waals surface area (Å²) in [5.41, 5.74) is -2.24. The fourth-order valence-corrected chi connectivity index (χ4v) is 2.42. The zero-order valence-electron chi connectivity index (χ0n) is 10.0. The van der Waals surface area contributed by atoms with Gasteiger partial charge in [0.1, 0.15) is 0 Å². The number of aliphatic hydroxyl groups excluding tert-OH is 1. The van der Waals surface area contributed by atoms with Crippen LogP contribution < -0.4 is 0 Å². The van der Waals surface area contributed by atoms with Gasteiger partial charge in [-0.25, -0.2) is 0 Å². The SMILES string of the molecule is CC[C@@H](C)C1C(O)OC(C)(C(F)(F)F)C1C. The van der Waals surface area contributed by atoms with Crippen LogP contribution in [0.3, 0.4) is 0 Å². The first-order chi connectivity index (χ1) is 7.15. The van der Waals surface area contributed by atoms with Gasteiger partial charge in [0.25, 0.3) is 0 Å². The summed E-state index contributed by atoms with van der Waals surface area (Å²) in [6.45, 7) is 6.26. The highest BCUT2D eigenvalue weighted by Crippen LogP contribution is 2.51. The molecular weight excluding hydrogens is 221 g/mol. The van der Waals surface area contributed by atoms with Crippen molar-refractivity contribution in [1.29, 1.82) is 0 Å². The monoisotopic (exact) mass is 240 g/mol. The predicted octanol–water partition coefficient (Wildman–Crippen LogP) is 2.95. The van der Waals surface area contributed by atoms with E-state index in [1.54, 1.807) is 0 Å². The molecule has 0 bridgehead atoms. The first kappa shape index (κ1) is 13.8. The maximum absolute atomic E-state index is 12.9. The number of aliphatic hydroxyl groups is 1. The summed E-state index contributed by atoms with van der Waals surface area (Å²) < 4.78 is 43.4. The van der Waals surface area contributed by atoms with Gasteiger partial charge in [0.2, 0.25) is 0 Å². The van der Waals surface area contributed by atoms with Crippen LogP contribution in [-0.2, 0) is 4.74 Å². The molecule has 0 spiro atoms. The van der Waals surface area contributed by atoms with Crippen molar-refractivity contribution in [2.24, 2.45) is 17.8 Å².